The molecular weight excluding hydrogens is 331 g/mol. The number of amides is 2. The Hall–Kier alpha value is -2.40. The molecule has 0 radical (unpaired) electrons. The van der Waals surface area contributed by atoms with Crippen LogP contribution in [0.4, 0.5) is 10.1 Å². The van der Waals surface area contributed by atoms with Crippen molar-refractivity contribution in [1.82, 2.24) is 5.32 Å². The van der Waals surface area contributed by atoms with Gasteiger partial charge in [-0.15, -0.1) is 0 Å². The van der Waals surface area contributed by atoms with Crippen molar-refractivity contribution in [2.45, 2.75) is 13.3 Å². The summed E-state index contributed by atoms with van der Waals surface area (Å²) >= 11 is 6.11. The molecule has 1 N–H and O–H groups in total. The fraction of sp³-hybridized carbons (Fsp3) is 0.222. The Morgan fingerprint density at radius 3 is 2.42 bits per heavy atom. The first-order valence-electron chi connectivity index (χ1n) is 7.61. The maximum absolute atomic E-state index is 13.2. The number of nitrogens with zero attached hydrogens (tertiary/aromatic N) is 1. The number of hydrogen-bond donors (Lipinski definition) is 1. The summed E-state index contributed by atoms with van der Waals surface area (Å²) in [5, 5.41) is 3.07. The summed E-state index contributed by atoms with van der Waals surface area (Å²) in [4.78, 5) is 25.7. The van der Waals surface area contributed by atoms with Gasteiger partial charge in [0, 0.05) is 25.2 Å². The molecular formula is C18H18ClFN2O2. The van der Waals surface area contributed by atoms with Crippen molar-refractivity contribution in [1.29, 1.82) is 0 Å². The topological polar surface area (TPSA) is 49.4 Å². The molecule has 4 nitrogen and oxygen atoms in total. The number of carbonyl (C=O) groups is 2. The molecule has 0 aliphatic heterocycles. The average Bonchev–Trinajstić information content (AvgIpc) is 2.59. The van der Waals surface area contributed by atoms with Gasteiger partial charge in [0.2, 0.25) is 5.91 Å². The predicted octanol–water partition coefficient (Wildman–Crippen LogP) is 3.65. The van der Waals surface area contributed by atoms with Crippen LogP contribution in [0.5, 0.6) is 0 Å². The van der Waals surface area contributed by atoms with Gasteiger partial charge in [-0.3, -0.25) is 9.59 Å². The van der Waals surface area contributed by atoms with E-state index in [2.05, 4.69) is 5.32 Å². The molecule has 2 rings (SSSR count). The van der Waals surface area contributed by atoms with Crippen molar-refractivity contribution >= 4 is 29.1 Å². The largest absolute Gasteiger partial charge is 0.354 e. The minimum Gasteiger partial charge on any atom is -0.354 e. The van der Waals surface area contributed by atoms with E-state index in [0.717, 1.165) is 0 Å². The van der Waals surface area contributed by atoms with E-state index >= 15 is 0 Å². The van der Waals surface area contributed by atoms with Gasteiger partial charge in [-0.05, 0) is 36.4 Å². The highest BCUT2D eigenvalue weighted by atomic mass is 35.5. The Bertz CT molecular complexity index is 719. The highest BCUT2D eigenvalue weighted by Gasteiger charge is 2.20. The summed E-state index contributed by atoms with van der Waals surface area (Å²) in [6, 6.07) is 12.3. The lowest BCUT2D eigenvalue weighted by Gasteiger charge is -2.23. The third-order valence-electron chi connectivity index (χ3n) is 3.47. The van der Waals surface area contributed by atoms with Crippen molar-refractivity contribution in [3.63, 3.8) is 0 Å². The number of rotatable bonds is 6. The van der Waals surface area contributed by atoms with Crippen molar-refractivity contribution < 1.29 is 14.0 Å². The summed E-state index contributed by atoms with van der Waals surface area (Å²) < 4.78 is 13.2. The molecule has 126 valence electrons. The van der Waals surface area contributed by atoms with Crippen LogP contribution >= 0.6 is 11.6 Å². The third-order valence-corrected chi connectivity index (χ3v) is 3.80. The Morgan fingerprint density at radius 1 is 1.12 bits per heavy atom. The Labute approximate surface area is 145 Å². The molecule has 0 saturated heterocycles. The molecule has 0 unspecified atom stereocenters. The molecule has 0 saturated carbocycles. The molecule has 0 atom stereocenters. The summed E-state index contributed by atoms with van der Waals surface area (Å²) in [5.41, 5.74) is 0.886. The van der Waals surface area contributed by atoms with Crippen molar-refractivity contribution in [2.24, 2.45) is 0 Å². The second kappa shape index (κ2) is 8.45. The minimum atomic E-state index is -0.386. The number of anilines is 1. The summed E-state index contributed by atoms with van der Waals surface area (Å²) in [7, 11) is 0. The lowest BCUT2D eigenvalue weighted by molar-refractivity contribution is -0.120. The van der Waals surface area contributed by atoms with Gasteiger partial charge in [0.25, 0.3) is 5.91 Å². The van der Waals surface area contributed by atoms with Gasteiger partial charge in [-0.2, -0.15) is 0 Å². The average molecular weight is 349 g/mol. The molecule has 0 aromatic heterocycles. The van der Waals surface area contributed by atoms with Crippen LogP contribution in [0.1, 0.15) is 23.7 Å². The summed E-state index contributed by atoms with van der Waals surface area (Å²) in [6.45, 7) is 2.30. The molecule has 24 heavy (non-hydrogen) atoms. The predicted molar refractivity (Wildman–Crippen MR) is 92.8 cm³/mol. The van der Waals surface area contributed by atoms with Crippen molar-refractivity contribution in [3.05, 3.63) is 64.9 Å². The molecule has 2 aromatic rings. The standard InChI is InChI=1S/C18H18ClFN2O2/c1-2-17(23)21-11-12-22(14-9-7-13(20)8-10-14)18(24)15-5-3-4-6-16(15)19/h3-10H,2,11-12H2,1H3,(H,21,23). The van der Waals surface area contributed by atoms with Crippen LogP contribution in [-0.4, -0.2) is 24.9 Å². The Kier molecular flexibility index (Phi) is 6.32. The number of carbonyl (C=O) groups excluding carboxylic acids is 2. The van der Waals surface area contributed by atoms with Crippen molar-refractivity contribution in [2.75, 3.05) is 18.0 Å². The van der Waals surface area contributed by atoms with E-state index < -0.39 is 0 Å². The monoisotopic (exact) mass is 348 g/mol. The van der Waals surface area contributed by atoms with Crippen LogP contribution in [0.15, 0.2) is 48.5 Å². The Balaban J connectivity index is 2.25. The molecule has 0 bridgehead atoms. The lowest BCUT2D eigenvalue weighted by atomic mass is 10.1. The van der Waals surface area contributed by atoms with Gasteiger partial charge < -0.3 is 10.2 Å². The Morgan fingerprint density at radius 2 is 1.79 bits per heavy atom. The maximum Gasteiger partial charge on any atom is 0.259 e. The van der Waals surface area contributed by atoms with Gasteiger partial charge >= 0.3 is 0 Å². The minimum absolute atomic E-state index is 0.0979. The second-order valence-corrected chi connectivity index (χ2v) is 5.52. The van der Waals surface area contributed by atoms with E-state index in [1.54, 1.807) is 31.2 Å². The first kappa shape index (κ1) is 17.9. The quantitative estimate of drug-likeness (QED) is 0.866. The van der Waals surface area contributed by atoms with E-state index in [9.17, 15) is 14.0 Å². The fourth-order valence-corrected chi connectivity index (χ4v) is 2.40. The molecule has 0 aliphatic carbocycles. The lowest BCUT2D eigenvalue weighted by Crippen LogP contribution is -2.38. The molecule has 2 amide bonds. The van der Waals surface area contributed by atoms with E-state index in [4.69, 9.17) is 11.6 Å². The SMILES string of the molecule is CCC(=O)NCCN(C(=O)c1ccccc1Cl)c1ccc(F)cc1. The van der Waals surface area contributed by atoms with Crippen LogP contribution in [0.3, 0.4) is 0 Å². The number of halogens is 2. The summed E-state index contributed by atoms with van der Waals surface area (Å²) in [6.07, 6.45) is 0.370. The second-order valence-electron chi connectivity index (χ2n) is 5.12. The number of hydrogen-bond acceptors (Lipinski definition) is 2. The molecule has 0 fully saturated rings. The van der Waals surface area contributed by atoms with Gasteiger partial charge in [0.15, 0.2) is 0 Å². The number of nitrogens with one attached hydrogen (secondary N) is 1. The van der Waals surface area contributed by atoms with E-state index in [1.165, 1.54) is 29.2 Å². The van der Waals surface area contributed by atoms with E-state index in [-0.39, 0.29) is 24.2 Å². The van der Waals surface area contributed by atoms with E-state index in [1.807, 2.05) is 0 Å². The van der Waals surface area contributed by atoms with Gasteiger partial charge in [0.05, 0.1) is 10.6 Å². The van der Waals surface area contributed by atoms with E-state index in [0.29, 0.717) is 29.2 Å². The summed E-state index contributed by atoms with van der Waals surface area (Å²) in [5.74, 6) is -0.791. The first-order valence-corrected chi connectivity index (χ1v) is 7.99. The molecule has 0 spiro atoms. The molecule has 6 heteroatoms. The van der Waals surface area contributed by atoms with Crippen molar-refractivity contribution in [3.8, 4) is 0 Å². The highest BCUT2D eigenvalue weighted by molar-refractivity contribution is 6.34. The zero-order valence-electron chi connectivity index (χ0n) is 13.3. The van der Waals surface area contributed by atoms with Crippen LogP contribution < -0.4 is 10.2 Å². The van der Waals surface area contributed by atoms with Gasteiger partial charge in [-0.1, -0.05) is 30.7 Å². The number of benzene rings is 2. The zero-order valence-corrected chi connectivity index (χ0v) is 14.0. The zero-order chi connectivity index (χ0) is 17.5. The fourth-order valence-electron chi connectivity index (χ4n) is 2.18. The molecule has 2 aromatic carbocycles. The van der Waals surface area contributed by atoms with Crippen LogP contribution in [0.25, 0.3) is 0 Å². The molecule has 0 aliphatic rings. The maximum atomic E-state index is 13.2. The third kappa shape index (κ3) is 4.55. The normalized spacial score (nSPS) is 10.3. The van der Waals surface area contributed by atoms with Crippen LogP contribution in [-0.2, 0) is 4.79 Å². The first-order chi connectivity index (χ1) is 11.5. The smallest absolute Gasteiger partial charge is 0.259 e. The van der Waals surface area contributed by atoms with Gasteiger partial charge in [-0.25, -0.2) is 4.39 Å². The van der Waals surface area contributed by atoms with Crippen LogP contribution in [0, 0.1) is 5.82 Å². The van der Waals surface area contributed by atoms with Crippen LogP contribution in [0.2, 0.25) is 5.02 Å². The highest BCUT2D eigenvalue weighted by Crippen LogP contribution is 2.22. The van der Waals surface area contributed by atoms with Gasteiger partial charge in [0.1, 0.15) is 5.82 Å². The molecule has 0 heterocycles.